The van der Waals surface area contributed by atoms with E-state index in [1.54, 1.807) is 16.7 Å². The molecule has 22 heavy (non-hydrogen) atoms. The third-order valence-corrected chi connectivity index (χ3v) is 4.28. The van der Waals surface area contributed by atoms with Crippen molar-refractivity contribution in [2.75, 3.05) is 20.1 Å². The van der Waals surface area contributed by atoms with Crippen molar-refractivity contribution >= 4 is 18.1 Å². The van der Waals surface area contributed by atoms with Gasteiger partial charge in [-0.2, -0.15) is 0 Å². The van der Waals surface area contributed by atoms with Crippen LogP contribution >= 0.6 is 12.4 Å². The molecule has 0 amide bonds. The van der Waals surface area contributed by atoms with Crippen molar-refractivity contribution in [2.45, 2.75) is 32.4 Å². The van der Waals surface area contributed by atoms with Crippen LogP contribution in [0.25, 0.3) is 5.65 Å². The first kappa shape index (κ1) is 16.9. The number of hydrogen-bond acceptors (Lipinski definition) is 4. The minimum Gasteiger partial charge on any atom is -0.317 e. The number of aromatic nitrogens is 2. The summed E-state index contributed by atoms with van der Waals surface area (Å²) >= 11 is 0. The van der Waals surface area contributed by atoms with Gasteiger partial charge in [0, 0.05) is 24.8 Å². The van der Waals surface area contributed by atoms with Crippen LogP contribution in [0, 0.1) is 6.92 Å². The summed E-state index contributed by atoms with van der Waals surface area (Å²) in [6, 6.07) is 6.10. The van der Waals surface area contributed by atoms with Gasteiger partial charge in [-0.25, -0.2) is 4.98 Å². The quantitative estimate of drug-likeness (QED) is 0.932. The molecule has 0 spiro atoms. The second-order valence-electron chi connectivity index (χ2n) is 5.87. The second kappa shape index (κ2) is 7.22. The number of rotatable bonds is 3. The third-order valence-electron chi connectivity index (χ3n) is 4.28. The Morgan fingerprint density at radius 2 is 2.14 bits per heavy atom. The van der Waals surface area contributed by atoms with Gasteiger partial charge in [-0.1, -0.05) is 6.07 Å². The number of nitrogens with zero attached hydrogens (tertiary/aromatic N) is 3. The Morgan fingerprint density at radius 1 is 1.41 bits per heavy atom. The van der Waals surface area contributed by atoms with Gasteiger partial charge in [0.15, 0.2) is 0 Å². The number of halogens is 1. The number of nitrogens with one attached hydrogen (secondary N) is 1. The minimum atomic E-state index is -0.00240. The van der Waals surface area contributed by atoms with Gasteiger partial charge in [0.05, 0.1) is 5.69 Å². The maximum atomic E-state index is 12.2. The first-order valence-electron chi connectivity index (χ1n) is 7.54. The zero-order valence-corrected chi connectivity index (χ0v) is 13.9. The van der Waals surface area contributed by atoms with E-state index in [-0.39, 0.29) is 18.0 Å². The standard InChI is InChI=1S/C16H22N4O.ClH/c1-12-4-3-9-20-15(21)10-13(18-16(12)20)11-19(2)14-5-7-17-8-6-14;/h3-4,9-10,14,17H,5-8,11H2,1-2H3;1H. The Kier molecular flexibility index (Phi) is 5.56. The molecule has 1 saturated heterocycles. The summed E-state index contributed by atoms with van der Waals surface area (Å²) in [5.74, 6) is 0. The predicted octanol–water partition coefficient (Wildman–Crippen LogP) is 1.61. The Hall–Kier alpha value is -1.43. The van der Waals surface area contributed by atoms with Crippen LogP contribution in [0.2, 0.25) is 0 Å². The zero-order valence-electron chi connectivity index (χ0n) is 13.1. The molecule has 0 atom stereocenters. The molecular weight excluding hydrogens is 300 g/mol. The van der Waals surface area contributed by atoms with Crippen LogP contribution < -0.4 is 10.9 Å². The number of piperidine rings is 1. The third kappa shape index (κ3) is 3.48. The summed E-state index contributed by atoms with van der Waals surface area (Å²) < 4.78 is 1.61. The average molecular weight is 323 g/mol. The highest BCUT2D eigenvalue weighted by atomic mass is 35.5. The molecule has 2 aromatic rings. The fourth-order valence-electron chi connectivity index (χ4n) is 3.02. The van der Waals surface area contributed by atoms with E-state index in [9.17, 15) is 4.79 Å². The van der Waals surface area contributed by atoms with Gasteiger partial charge >= 0.3 is 0 Å². The highest BCUT2D eigenvalue weighted by Gasteiger charge is 2.18. The first-order chi connectivity index (χ1) is 10.1. The van der Waals surface area contributed by atoms with E-state index in [0.717, 1.165) is 49.4 Å². The molecule has 0 saturated carbocycles. The van der Waals surface area contributed by atoms with Crippen LogP contribution in [0.4, 0.5) is 0 Å². The fraction of sp³-hybridized carbons (Fsp3) is 0.500. The number of aryl methyl sites for hydroxylation is 1. The average Bonchev–Trinajstić information content (AvgIpc) is 2.49. The summed E-state index contributed by atoms with van der Waals surface area (Å²) in [5, 5.41) is 3.38. The zero-order chi connectivity index (χ0) is 14.8. The van der Waals surface area contributed by atoms with Crippen LogP contribution in [0.5, 0.6) is 0 Å². The van der Waals surface area contributed by atoms with Crippen LogP contribution in [0.3, 0.4) is 0 Å². The topological polar surface area (TPSA) is 49.6 Å². The molecule has 3 heterocycles. The summed E-state index contributed by atoms with van der Waals surface area (Å²) in [6.45, 7) is 4.86. The lowest BCUT2D eigenvalue weighted by molar-refractivity contribution is 0.190. The van der Waals surface area contributed by atoms with Gasteiger partial charge in [-0.05, 0) is 51.5 Å². The highest BCUT2D eigenvalue weighted by Crippen LogP contribution is 2.13. The smallest absolute Gasteiger partial charge is 0.258 e. The van der Waals surface area contributed by atoms with E-state index in [0.29, 0.717) is 6.04 Å². The summed E-state index contributed by atoms with van der Waals surface area (Å²) in [5.41, 5.74) is 2.65. The van der Waals surface area contributed by atoms with Crippen molar-refractivity contribution in [3.63, 3.8) is 0 Å². The normalized spacial score (nSPS) is 16.0. The largest absolute Gasteiger partial charge is 0.317 e. The molecule has 3 rings (SSSR count). The molecule has 120 valence electrons. The predicted molar refractivity (Wildman–Crippen MR) is 90.8 cm³/mol. The molecule has 2 aromatic heterocycles. The monoisotopic (exact) mass is 322 g/mol. The van der Waals surface area contributed by atoms with Crippen molar-refractivity contribution in [2.24, 2.45) is 0 Å². The van der Waals surface area contributed by atoms with Gasteiger partial charge in [0.2, 0.25) is 0 Å². The summed E-state index contributed by atoms with van der Waals surface area (Å²) in [6.07, 6.45) is 4.09. The molecule has 5 nitrogen and oxygen atoms in total. The lowest BCUT2D eigenvalue weighted by Gasteiger charge is -2.31. The summed E-state index contributed by atoms with van der Waals surface area (Å²) in [7, 11) is 2.12. The van der Waals surface area contributed by atoms with E-state index in [1.807, 2.05) is 19.1 Å². The molecule has 1 aliphatic heterocycles. The Balaban J connectivity index is 0.00000176. The van der Waals surface area contributed by atoms with Crippen LogP contribution in [-0.4, -0.2) is 40.5 Å². The van der Waals surface area contributed by atoms with Crippen molar-refractivity contribution in [1.29, 1.82) is 0 Å². The summed E-state index contributed by atoms with van der Waals surface area (Å²) in [4.78, 5) is 19.2. The molecular formula is C16H23ClN4O. The molecule has 0 radical (unpaired) electrons. The highest BCUT2D eigenvalue weighted by molar-refractivity contribution is 5.85. The van der Waals surface area contributed by atoms with E-state index in [1.165, 1.54) is 0 Å². The Bertz CT molecular complexity index is 694. The fourth-order valence-corrected chi connectivity index (χ4v) is 3.02. The van der Waals surface area contributed by atoms with Crippen LogP contribution in [0.1, 0.15) is 24.1 Å². The first-order valence-corrected chi connectivity index (χ1v) is 7.54. The SMILES string of the molecule is Cc1cccn2c(=O)cc(CN(C)C3CCNCC3)nc12.Cl. The number of fused-ring (bicyclic) bond motifs is 1. The van der Waals surface area contributed by atoms with Gasteiger partial charge in [0.25, 0.3) is 5.56 Å². The molecule has 0 aromatic carbocycles. The maximum absolute atomic E-state index is 12.2. The Labute approximate surface area is 136 Å². The lowest BCUT2D eigenvalue weighted by atomic mass is 10.1. The van der Waals surface area contributed by atoms with Crippen molar-refractivity contribution < 1.29 is 0 Å². The van der Waals surface area contributed by atoms with E-state index in [4.69, 9.17) is 0 Å². The van der Waals surface area contributed by atoms with E-state index in [2.05, 4.69) is 22.2 Å². The maximum Gasteiger partial charge on any atom is 0.258 e. The van der Waals surface area contributed by atoms with Crippen molar-refractivity contribution in [3.8, 4) is 0 Å². The molecule has 0 unspecified atom stereocenters. The molecule has 0 aliphatic carbocycles. The number of pyridine rings is 1. The second-order valence-corrected chi connectivity index (χ2v) is 5.87. The molecule has 1 aliphatic rings. The van der Waals surface area contributed by atoms with Gasteiger partial charge < -0.3 is 5.32 Å². The molecule has 1 fully saturated rings. The van der Waals surface area contributed by atoms with Crippen LogP contribution in [-0.2, 0) is 6.54 Å². The molecule has 6 heteroatoms. The lowest BCUT2D eigenvalue weighted by Crippen LogP contribution is -2.41. The van der Waals surface area contributed by atoms with Crippen LogP contribution in [0.15, 0.2) is 29.2 Å². The van der Waals surface area contributed by atoms with E-state index >= 15 is 0 Å². The van der Waals surface area contributed by atoms with Crippen molar-refractivity contribution in [1.82, 2.24) is 19.6 Å². The Morgan fingerprint density at radius 3 is 2.86 bits per heavy atom. The minimum absolute atomic E-state index is 0. The van der Waals surface area contributed by atoms with Crippen molar-refractivity contribution in [3.05, 3.63) is 46.0 Å². The molecule has 0 bridgehead atoms. The van der Waals surface area contributed by atoms with Gasteiger partial charge in [-0.3, -0.25) is 14.1 Å². The van der Waals surface area contributed by atoms with E-state index < -0.39 is 0 Å². The van der Waals surface area contributed by atoms with Gasteiger partial charge in [-0.15, -0.1) is 12.4 Å². The van der Waals surface area contributed by atoms with Gasteiger partial charge in [0.1, 0.15) is 5.65 Å². The molecule has 1 N–H and O–H groups in total. The number of hydrogen-bond donors (Lipinski definition) is 1.